The van der Waals surface area contributed by atoms with Gasteiger partial charge >= 0.3 is 0 Å². The molecule has 0 amide bonds. The average Bonchev–Trinajstić information content (AvgIpc) is 2.70. The highest BCUT2D eigenvalue weighted by molar-refractivity contribution is 6.30. The van der Waals surface area contributed by atoms with Crippen molar-refractivity contribution in [1.82, 2.24) is 4.90 Å². The van der Waals surface area contributed by atoms with Crippen molar-refractivity contribution in [3.8, 4) is 0 Å². The molecule has 2 saturated heterocycles. The van der Waals surface area contributed by atoms with Crippen LogP contribution >= 0.6 is 11.6 Å². The second-order valence-corrected chi connectivity index (χ2v) is 6.07. The number of piperidine rings is 1. The predicted octanol–water partition coefficient (Wildman–Crippen LogP) is 3.93. The van der Waals surface area contributed by atoms with E-state index in [0.717, 1.165) is 10.9 Å². The van der Waals surface area contributed by atoms with Crippen molar-refractivity contribution in [3.05, 3.63) is 34.9 Å². The molecule has 0 saturated carbocycles. The topological polar surface area (TPSA) is 3.24 Å². The molecule has 1 aromatic rings. The standard InChI is InChI=1S/C15H20ClN/c1-2-15-8-10-17(11-15)9-7-14(15)12-3-5-13(16)6-4-12/h3-6,14H,2,7-11H2,1H3. The highest BCUT2D eigenvalue weighted by Gasteiger charge is 2.46. The minimum atomic E-state index is 0.534. The molecule has 2 heteroatoms. The number of hydrogen-bond donors (Lipinski definition) is 0. The average molecular weight is 250 g/mol. The molecular weight excluding hydrogens is 230 g/mol. The maximum absolute atomic E-state index is 5.99. The van der Waals surface area contributed by atoms with Gasteiger partial charge in [-0.25, -0.2) is 0 Å². The van der Waals surface area contributed by atoms with Crippen LogP contribution in [0, 0.1) is 5.41 Å². The molecule has 3 unspecified atom stereocenters. The Morgan fingerprint density at radius 3 is 2.76 bits per heavy atom. The number of nitrogens with zero attached hydrogens (tertiary/aromatic N) is 1. The molecule has 17 heavy (non-hydrogen) atoms. The number of halogens is 1. The lowest BCUT2D eigenvalue weighted by atomic mass is 9.67. The third kappa shape index (κ3) is 1.90. The Kier molecular flexibility index (Phi) is 2.92. The van der Waals surface area contributed by atoms with E-state index in [1.54, 1.807) is 0 Å². The van der Waals surface area contributed by atoms with E-state index in [0.29, 0.717) is 5.41 Å². The first-order valence-electron chi connectivity index (χ1n) is 6.71. The molecule has 1 nitrogen and oxygen atoms in total. The van der Waals surface area contributed by atoms with Crippen molar-refractivity contribution in [2.75, 3.05) is 19.6 Å². The fraction of sp³-hybridized carbons (Fsp3) is 0.600. The lowest BCUT2D eigenvalue weighted by Crippen LogP contribution is -2.39. The summed E-state index contributed by atoms with van der Waals surface area (Å²) in [6, 6.07) is 8.56. The Labute approximate surface area is 109 Å². The highest BCUT2D eigenvalue weighted by atomic mass is 35.5. The van der Waals surface area contributed by atoms with Crippen LogP contribution in [-0.4, -0.2) is 24.5 Å². The van der Waals surface area contributed by atoms with Gasteiger partial charge in [-0.15, -0.1) is 0 Å². The van der Waals surface area contributed by atoms with E-state index >= 15 is 0 Å². The second kappa shape index (κ2) is 4.29. The van der Waals surface area contributed by atoms with E-state index in [9.17, 15) is 0 Å². The van der Waals surface area contributed by atoms with Gasteiger partial charge in [0.25, 0.3) is 0 Å². The summed E-state index contributed by atoms with van der Waals surface area (Å²) in [6.07, 6.45) is 3.99. The van der Waals surface area contributed by atoms with Crippen LogP contribution in [0.3, 0.4) is 0 Å². The lowest BCUT2D eigenvalue weighted by molar-refractivity contribution is 0.144. The molecule has 1 aromatic carbocycles. The van der Waals surface area contributed by atoms with Crippen molar-refractivity contribution >= 4 is 11.6 Å². The third-order valence-electron chi connectivity index (χ3n) is 4.91. The summed E-state index contributed by atoms with van der Waals surface area (Å²) in [5, 5.41) is 0.850. The van der Waals surface area contributed by atoms with E-state index in [1.165, 1.54) is 44.5 Å². The van der Waals surface area contributed by atoms with Crippen LogP contribution in [0.5, 0.6) is 0 Å². The van der Waals surface area contributed by atoms with Crippen LogP contribution in [0.4, 0.5) is 0 Å². The number of benzene rings is 1. The first kappa shape index (κ1) is 11.6. The van der Waals surface area contributed by atoms with Crippen molar-refractivity contribution in [2.45, 2.75) is 32.1 Å². The third-order valence-corrected chi connectivity index (χ3v) is 5.17. The molecule has 2 heterocycles. The second-order valence-electron chi connectivity index (χ2n) is 5.63. The molecule has 0 aliphatic carbocycles. The Hall–Kier alpha value is -0.530. The van der Waals surface area contributed by atoms with E-state index in [2.05, 4.69) is 24.0 Å². The van der Waals surface area contributed by atoms with Crippen molar-refractivity contribution in [1.29, 1.82) is 0 Å². The van der Waals surface area contributed by atoms with E-state index < -0.39 is 0 Å². The summed E-state index contributed by atoms with van der Waals surface area (Å²) >= 11 is 5.99. The Balaban J connectivity index is 1.93. The molecular formula is C15H20ClN. The van der Waals surface area contributed by atoms with Gasteiger partial charge in [0.1, 0.15) is 0 Å². The van der Waals surface area contributed by atoms with Crippen LogP contribution < -0.4 is 0 Å². The van der Waals surface area contributed by atoms with Crippen LogP contribution in [0.1, 0.15) is 37.7 Å². The largest absolute Gasteiger partial charge is 0.303 e. The van der Waals surface area contributed by atoms with E-state index in [4.69, 9.17) is 11.6 Å². The lowest BCUT2D eigenvalue weighted by Gasteiger charge is -2.41. The molecule has 0 N–H and O–H groups in total. The van der Waals surface area contributed by atoms with Gasteiger partial charge in [0.15, 0.2) is 0 Å². The molecule has 0 radical (unpaired) electrons. The number of fused-ring (bicyclic) bond motifs is 2. The summed E-state index contributed by atoms with van der Waals surface area (Å²) in [5.74, 6) is 0.739. The fourth-order valence-electron chi connectivity index (χ4n) is 3.83. The molecule has 2 aliphatic rings. The van der Waals surface area contributed by atoms with Gasteiger partial charge in [0.05, 0.1) is 0 Å². The molecule has 3 atom stereocenters. The SMILES string of the molecule is CCC12CCN(CCC1c1ccc(Cl)cc1)C2. The normalized spacial score (nSPS) is 36.1. The van der Waals surface area contributed by atoms with Crippen molar-refractivity contribution in [3.63, 3.8) is 0 Å². The summed E-state index contributed by atoms with van der Waals surface area (Å²) in [7, 11) is 0. The zero-order chi connectivity index (χ0) is 11.9. The van der Waals surface area contributed by atoms with Crippen LogP contribution in [-0.2, 0) is 0 Å². The van der Waals surface area contributed by atoms with Crippen LogP contribution in [0.25, 0.3) is 0 Å². The maximum Gasteiger partial charge on any atom is 0.0406 e. The Morgan fingerprint density at radius 1 is 1.29 bits per heavy atom. The molecule has 2 aliphatic heterocycles. The van der Waals surface area contributed by atoms with Gasteiger partial charge in [-0.3, -0.25) is 0 Å². The summed E-state index contributed by atoms with van der Waals surface area (Å²) in [5.41, 5.74) is 2.03. The molecule has 0 spiro atoms. The number of rotatable bonds is 2. The van der Waals surface area contributed by atoms with Gasteiger partial charge in [-0.05, 0) is 61.4 Å². The number of hydrogen-bond acceptors (Lipinski definition) is 1. The van der Waals surface area contributed by atoms with Gasteiger partial charge in [-0.1, -0.05) is 30.7 Å². The minimum absolute atomic E-state index is 0.534. The predicted molar refractivity (Wildman–Crippen MR) is 72.6 cm³/mol. The summed E-state index contributed by atoms with van der Waals surface area (Å²) in [6.45, 7) is 6.24. The first-order valence-corrected chi connectivity index (χ1v) is 7.09. The van der Waals surface area contributed by atoms with E-state index in [1.807, 2.05) is 12.1 Å². The van der Waals surface area contributed by atoms with Crippen LogP contribution in [0.15, 0.2) is 24.3 Å². The summed E-state index contributed by atoms with van der Waals surface area (Å²) in [4.78, 5) is 2.63. The smallest absolute Gasteiger partial charge is 0.0406 e. The molecule has 2 fully saturated rings. The van der Waals surface area contributed by atoms with Gasteiger partial charge in [0, 0.05) is 11.6 Å². The Morgan fingerprint density at radius 2 is 2.06 bits per heavy atom. The van der Waals surface area contributed by atoms with Crippen molar-refractivity contribution in [2.24, 2.45) is 5.41 Å². The van der Waals surface area contributed by atoms with Gasteiger partial charge in [-0.2, -0.15) is 0 Å². The van der Waals surface area contributed by atoms with Crippen LogP contribution in [0.2, 0.25) is 5.02 Å². The van der Waals surface area contributed by atoms with E-state index in [-0.39, 0.29) is 0 Å². The quantitative estimate of drug-likeness (QED) is 0.768. The first-order chi connectivity index (χ1) is 8.23. The molecule has 92 valence electrons. The zero-order valence-electron chi connectivity index (χ0n) is 10.5. The highest BCUT2D eigenvalue weighted by Crippen LogP contribution is 2.51. The minimum Gasteiger partial charge on any atom is -0.303 e. The van der Waals surface area contributed by atoms with Gasteiger partial charge < -0.3 is 4.90 Å². The van der Waals surface area contributed by atoms with Gasteiger partial charge in [0.2, 0.25) is 0 Å². The molecule has 3 rings (SSSR count). The molecule has 2 bridgehead atoms. The monoisotopic (exact) mass is 249 g/mol. The Bertz CT molecular complexity index is 400. The van der Waals surface area contributed by atoms with Crippen molar-refractivity contribution < 1.29 is 0 Å². The molecule has 0 aromatic heterocycles. The maximum atomic E-state index is 5.99. The zero-order valence-corrected chi connectivity index (χ0v) is 11.2. The summed E-state index contributed by atoms with van der Waals surface area (Å²) < 4.78 is 0. The fourth-order valence-corrected chi connectivity index (χ4v) is 3.95.